The number of nitrogens with one attached hydrogen (secondary N) is 1. The van der Waals surface area contributed by atoms with Gasteiger partial charge in [-0.1, -0.05) is 48.5 Å². The Morgan fingerprint density at radius 1 is 0.733 bits per heavy atom. The summed E-state index contributed by atoms with van der Waals surface area (Å²) in [6.07, 6.45) is 1.77. The second kappa shape index (κ2) is 11.4. The summed E-state index contributed by atoms with van der Waals surface area (Å²) in [5.41, 5.74) is 1.87. The Morgan fingerprint density at radius 2 is 1.37 bits per heavy atom. The molecule has 0 radical (unpaired) electrons. The molecule has 154 valence electrons. The zero-order valence-corrected chi connectivity index (χ0v) is 16.8. The highest BCUT2D eigenvalue weighted by Gasteiger charge is 2.09. The quantitative estimate of drug-likeness (QED) is 0.365. The van der Waals surface area contributed by atoms with Crippen molar-refractivity contribution in [2.45, 2.75) is 25.7 Å². The normalized spacial score (nSPS) is 10.3. The predicted octanol–water partition coefficient (Wildman–Crippen LogP) is 5.37. The van der Waals surface area contributed by atoms with Crippen molar-refractivity contribution in [1.82, 2.24) is 0 Å². The van der Waals surface area contributed by atoms with Crippen LogP contribution in [0.2, 0.25) is 0 Å². The van der Waals surface area contributed by atoms with Gasteiger partial charge in [-0.05, 0) is 54.8 Å². The number of para-hydroxylation sites is 1. The molecule has 0 aliphatic heterocycles. The van der Waals surface area contributed by atoms with Crippen LogP contribution in [0, 0.1) is 0 Å². The van der Waals surface area contributed by atoms with Crippen LogP contribution in [0.5, 0.6) is 11.5 Å². The third-order valence-corrected chi connectivity index (χ3v) is 4.39. The lowest BCUT2D eigenvalue weighted by molar-refractivity contribution is -0.144. The van der Waals surface area contributed by atoms with Gasteiger partial charge in [-0.25, -0.2) is 0 Å². The van der Waals surface area contributed by atoms with Crippen LogP contribution in [0.3, 0.4) is 0 Å². The van der Waals surface area contributed by atoms with Crippen molar-refractivity contribution in [2.24, 2.45) is 0 Å². The summed E-state index contributed by atoms with van der Waals surface area (Å²) >= 11 is 0. The van der Waals surface area contributed by atoms with Gasteiger partial charge in [0.2, 0.25) is 5.91 Å². The van der Waals surface area contributed by atoms with E-state index in [-0.39, 0.29) is 24.7 Å². The Hall–Kier alpha value is -3.60. The molecule has 5 nitrogen and oxygen atoms in total. The molecule has 0 fully saturated rings. The van der Waals surface area contributed by atoms with E-state index < -0.39 is 0 Å². The first kappa shape index (κ1) is 21.1. The summed E-state index contributed by atoms with van der Waals surface area (Å²) in [6.45, 7) is 0.359. The number of esters is 1. The van der Waals surface area contributed by atoms with Crippen molar-refractivity contribution >= 4 is 17.6 Å². The van der Waals surface area contributed by atoms with Crippen LogP contribution < -0.4 is 10.1 Å². The zero-order chi connectivity index (χ0) is 21.0. The number of amides is 1. The molecule has 0 aliphatic carbocycles. The summed E-state index contributed by atoms with van der Waals surface area (Å²) in [5.74, 6) is 0.840. The molecule has 0 heterocycles. The maximum absolute atomic E-state index is 12.1. The average Bonchev–Trinajstić information content (AvgIpc) is 2.78. The zero-order valence-electron chi connectivity index (χ0n) is 16.8. The highest BCUT2D eigenvalue weighted by atomic mass is 16.5. The van der Waals surface area contributed by atoms with E-state index in [2.05, 4.69) is 5.32 Å². The van der Waals surface area contributed by atoms with E-state index in [1.54, 1.807) is 24.3 Å². The molecule has 1 N–H and O–H groups in total. The second-order valence-electron chi connectivity index (χ2n) is 6.80. The largest absolute Gasteiger partial charge is 0.466 e. The van der Waals surface area contributed by atoms with Crippen molar-refractivity contribution in [3.8, 4) is 11.5 Å². The molecule has 3 aromatic carbocycles. The van der Waals surface area contributed by atoms with Crippen LogP contribution in [0.1, 0.15) is 24.8 Å². The maximum atomic E-state index is 12.1. The molecule has 0 spiro atoms. The number of carbonyl (C=O) groups is 2. The molecule has 0 bridgehead atoms. The van der Waals surface area contributed by atoms with Crippen molar-refractivity contribution in [2.75, 3.05) is 11.9 Å². The highest BCUT2D eigenvalue weighted by molar-refractivity contribution is 5.92. The number of aryl methyl sites for hydroxylation is 1. The fourth-order valence-electron chi connectivity index (χ4n) is 2.85. The van der Waals surface area contributed by atoms with Gasteiger partial charge in [0, 0.05) is 12.1 Å². The molecule has 0 unspecified atom stereocenters. The lowest BCUT2D eigenvalue weighted by Gasteiger charge is -2.08. The molecule has 5 heteroatoms. The van der Waals surface area contributed by atoms with E-state index in [0.717, 1.165) is 18.6 Å². The minimum absolute atomic E-state index is 0.0619. The standard InChI is InChI=1S/C25H25NO4/c27-24(17-18-25(28)29-19-7-10-20-8-3-1-4-9-20)26-21-13-15-23(16-14-21)30-22-11-5-2-6-12-22/h1-6,8-9,11-16H,7,10,17-19H2,(H,26,27). The van der Waals surface area contributed by atoms with E-state index in [4.69, 9.17) is 9.47 Å². The smallest absolute Gasteiger partial charge is 0.306 e. The van der Waals surface area contributed by atoms with Crippen molar-refractivity contribution in [1.29, 1.82) is 0 Å². The van der Waals surface area contributed by atoms with Crippen molar-refractivity contribution in [3.05, 3.63) is 90.5 Å². The van der Waals surface area contributed by atoms with Gasteiger partial charge in [0.15, 0.2) is 0 Å². The van der Waals surface area contributed by atoms with Gasteiger partial charge in [0.05, 0.1) is 13.0 Å². The third kappa shape index (κ3) is 7.43. The van der Waals surface area contributed by atoms with Crippen molar-refractivity contribution in [3.63, 3.8) is 0 Å². The molecule has 30 heavy (non-hydrogen) atoms. The monoisotopic (exact) mass is 403 g/mol. The molecular formula is C25H25NO4. The maximum Gasteiger partial charge on any atom is 0.306 e. The Labute approximate surface area is 176 Å². The summed E-state index contributed by atoms with van der Waals surface area (Å²) in [5, 5.41) is 2.77. The van der Waals surface area contributed by atoms with Crippen LogP contribution in [0.25, 0.3) is 0 Å². The van der Waals surface area contributed by atoms with Crippen LogP contribution in [-0.2, 0) is 20.7 Å². The number of anilines is 1. The summed E-state index contributed by atoms with van der Waals surface area (Å²) in [7, 11) is 0. The van der Waals surface area contributed by atoms with Gasteiger partial charge in [-0.2, -0.15) is 0 Å². The molecule has 0 aliphatic rings. The average molecular weight is 403 g/mol. The van der Waals surface area contributed by atoms with E-state index >= 15 is 0 Å². The number of hydrogen-bond acceptors (Lipinski definition) is 4. The van der Waals surface area contributed by atoms with Crippen LogP contribution >= 0.6 is 0 Å². The summed E-state index contributed by atoms with van der Waals surface area (Å²) in [4.78, 5) is 23.9. The van der Waals surface area contributed by atoms with Crippen LogP contribution in [0.15, 0.2) is 84.9 Å². The first-order chi connectivity index (χ1) is 14.7. The number of rotatable bonds is 10. The van der Waals surface area contributed by atoms with Gasteiger partial charge in [-0.3, -0.25) is 9.59 Å². The van der Waals surface area contributed by atoms with Gasteiger partial charge in [-0.15, -0.1) is 0 Å². The number of hydrogen-bond donors (Lipinski definition) is 1. The van der Waals surface area contributed by atoms with Gasteiger partial charge >= 0.3 is 5.97 Å². The fourth-order valence-corrected chi connectivity index (χ4v) is 2.85. The Morgan fingerprint density at radius 3 is 2.07 bits per heavy atom. The third-order valence-electron chi connectivity index (χ3n) is 4.39. The Kier molecular flexibility index (Phi) is 8.03. The minimum Gasteiger partial charge on any atom is -0.466 e. The Bertz CT molecular complexity index is 924. The van der Waals surface area contributed by atoms with E-state index in [0.29, 0.717) is 18.0 Å². The molecule has 3 aromatic rings. The summed E-state index contributed by atoms with van der Waals surface area (Å²) < 4.78 is 10.9. The van der Waals surface area contributed by atoms with Gasteiger partial charge < -0.3 is 14.8 Å². The van der Waals surface area contributed by atoms with Gasteiger partial charge in [0.1, 0.15) is 11.5 Å². The first-order valence-electron chi connectivity index (χ1n) is 10.0. The minimum atomic E-state index is -0.357. The summed E-state index contributed by atoms with van der Waals surface area (Å²) in [6, 6.07) is 26.6. The lowest BCUT2D eigenvalue weighted by atomic mass is 10.1. The predicted molar refractivity (Wildman–Crippen MR) is 117 cm³/mol. The highest BCUT2D eigenvalue weighted by Crippen LogP contribution is 2.22. The Balaban J connectivity index is 1.32. The number of carbonyl (C=O) groups excluding carboxylic acids is 2. The van der Waals surface area contributed by atoms with E-state index in [1.807, 2.05) is 60.7 Å². The molecular weight excluding hydrogens is 378 g/mol. The second-order valence-corrected chi connectivity index (χ2v) is 6.80. The topological polar surface area (TPSA) is 64.6 Å². The van der Waals surface area contributed by atoms with E-state index in [1.165, 1.54) is 5.56 Å². The SMILES string of the molecule is O=C(CCC(=O)OCCCc1ccccc1)Nc1ccc(Oc2ccccc2)cc1. The molecule has 0 aromatic heterocycles. The number of ether oxygens (including phenoxy) is 2. The molecule has 1 amide bonds. The number of benzene rings is 3. The van der Waals surface area contributed by atoms with E-state index in [9.17, 15) is 9.59 Å². The first-order valence-corrected chi connectivity index (χ1v) is 10.0. The fraction of sp³-hybridized carbons (Fsp3) is 0.200. The molecule has 0 saturated carbocycles. The van der Waals surface area contributed by atoms with Gasteiger partial charge in [0.25, 0.3) is 0 Å². The van der Waals surface area contributed by atoms with Crippen molar-refractivity contribution < 1.29 is 19.1 Å². The van der Waals surface area contributed by atoms with Crippen LogP contribution in [-0.4, -0.2) is 18.5 Å². The molecule has 0 saturated heterocycles. The lowest BCUT2D eigenvalue weighted by Crippen LogP contribution is -2.15. The molecule has 3 rings (SSSR count). The van der Waals surface area contributed by atoms with Crippen LogP contribution in [0.4, 0.5) is 5.69 Å². The molecule has 0 atom stereocenters.